The van der Waals surface area contributed by atoms with E-state index in [0.717, 1.165) is 0 Å². The Morgan fingerprint density at radius 3 is 2.29 bits per heavy atom. The highest BCUT2D eigenvalue weighted by Crippen LogP contribution is 2.24. The zero-order valence-corrected chi connectivity index (χ0v) is 13.3. The number of imidazole rings is 1. The Kier molecular flexibility index (Phi) is 5.70. The molecular weight excluding hydrogens is 278 g/mol. The molecule has 2 N–H and O–H groups in total. The van der Waals surface area contributed by atoms with Crippen molar-refractivity contribution in [1.82, 2.24) is 15.3 Å². The van der Waals surface area contributed by atoms with Crippen molar-refractivity contribution in [3.05, 3.63) is 17.7 Å². The van der Waals surface area contributed by atoms with Crippen molar-refractivity contribution in [2.24, 2.45) is 0 Å². The van der Waals surface area contributed by atoms with E-state index < -0.39 is 17.7 Å². The maximum Gasteiger partial charge on any atom is 0.408 e. The first kappa shape index (κ1) is 17.4. The molecule has 1 heterocycles. The first-order chi connectivity index (χ1) is 9.76. The van der Waals surface area contributed by atoms with Gasteiger partial charge in [-0.15, -0.1) is 0 Å². The summed E-state index contributed by atoms with van der Waals surface area (Å²) in [7, 11) is 4.35. The van der Waals surface area contributed by atoms with Crippen LogP contribution in [0.4, 0.5) is 4.79 Å². The Hall–Kier alpha value is -1.64. The number of alkyl carbamates (subject to hydrolysis) is 1. The number of hydrogen-bond donors (Lipinski definition) is 2. The van der Waals surface area contributed by atoms with Gasteiger partial charge in [-0.05, 0) is 20.8 Å². The summed E-state index contributed by atoms with van der Waals surface area (Å²) in [5.41, 5.74) is -0.0635. The molecule has 8 heteroatoms. The van der Waals surface area contributed by atoms with Gasteiger partial charge >= 0.3 is 12.1 Å². The molecule has 0 bridgehead atoms. The number of carbonyl (C=O) groups is 1. The minimum atomic E-state index is -1.35. The van der Waals surface area contributed by atoms with E-state index in [-0.39, 0.29) is 6.54 Å². The predicted octanol–water partition coefficient (Wildman–Crippen LogP) is 1.48. The summed E-state index contributed by atoms with van der Waals surface area (Å²) in [5, 5.41) is 2.60. The van der Waals surface area contributed by atoms with Crippen molar-refractivity contribution in [1.29, 1.82) is 0 Å². The van der Waals surface area contributed by atoms with E-state index in [1.54, 1.807) is 20.8 Å². The summed E-state index contributed by atoms with van der Waals surface area (Å²) < 4.78 is 20.7. The SMILES string of the molecule is COC(OC)(OC)c1cnc(CNC(=O)OC(C)(C)C)[nH]1. The highest BCUT2D eigenvalue weighted by molar-refractivity contribution is 5.67. The van der Waals surface area contributed by atoms with Crippen molar-refractivity contribution >= 4 is 6.09 Å². The Labute approximate surface area is 124 Å². The molecule has 0 saturated heterocycles. The predicted molar refractivity (Wildman–Crippen MR) is 74.4 cm³/mol. The first-order valence-electron chi connectivity index (χ1n) is 6.43. The number of rotatable bonds is 6. The average molecular weight is 301 g/mol. The van der Waals surface area contributed by atoms with Crippen LogP contribution in [-0.2, 0) is 31.5 Å². The molecule has 0 radical (unpaired) electrons. The average Bonchev–Trinajstić information content (AvgIpc) is 2.87. The molecule has 8 nitrogen and oxygen atoms in total. The number of nitrogens with one attached hydrogen (secondary N) is 2. The van der Waals surface area contributed by atoms with Crippen LogP contribution >= 0.6 is 0 Å². The number of amides is 1. The molecular formula is C13H23N3O5. The molecule has 1 amide bonds. The van der Waals surface area contributed by atoms with Crippen LogP contribution in [0.15, 0.2) is 6.20 Å². The molecule has 1 rings (SSSR count). The van der Waals surface area contributed by atoms with Gasteiger partial charge in [0.2, 0.25) is 0 Å². The number of carbonyl (C=O) groups excluding carboxylic acids is 1. The summed E-state index contributed by atoms with van der Waals surface area (Å²) in [5.74, 6) is -0.830. The third kappa shape index (κ3) is 4.69. The lowest BCUT2D eigenvalue weighted by Crippen LogP contribution is -2.34. The Morgan fingerprint density at radius 1 is 1.24 bits per heavy atom. The molecule has 0 aliphatic rings. The highest BCUT2D eigenvalue weighted by Gasteiger charge is 2.34. The minimum absolute atomic E-state index is 0.183. The molecule has 1 aromatic rings. The number of aromatic amines is 1. The summed E-state index contributed by atoms with van der Waals surface area (Å²) in [6, 6.07) is 0. The molecule has 0 fully saturated rings. The standard InChI is InChI=1S/C13H23N3O5/c1-12(2,3)21-11(17)15-8-10-14-7-9(16-10)13(18-4,19-5)20-6/h7H,8H2,1-6H3,(H,14,16)(H,15,17). The van der Waals surface area contributed by atoms with Crippen molar-refractivity contribution < 1.29 is 23.7 Å². The van der Waals surface area contributed by atoms with Crippen LogP contribution in [0.2, 0.25) is 0 Å². The van der Waals surface area contributed by atoms with Crippen LogP contribution in [0.1, 0.15) is 32.3 Å². The lowest BCUT2D eigenvalue weighted by Gasteiger charge is -2.26. The zero-order chi connectivity index (χ0) is 16.1. The van der Waals surface area contributed by atoms with Gasteiger partial charge in [0.05, 0.1) is 12.7 Å². The van der Waals surface area contributed by atoms with Crippen molar-refractivity contribution in [2.45, 2.75) is 38.9 Å². The molecule has 0 atom stereocenters. The molecule has 0 saturated carbocycles. The molecule has 0 spiro atoms. The number of H-pyrrole nitrogens is 1. The van der Waals surface area contributed by atoms with Crippen LogP contribution in [0.25, 0.3) is 0 Å². The lowest BCUT2D eigenvalue weighted by atomic mass is 10.2. The second kappa shape index (κ2) is 6.88. The quantitative estimate of drug-likeness (QED) is 0.773. The van der Waals surface area contributed by atoms with Crippen LogP contribution in [-0.4, -0.2) is 43.0 Å². The van der Waals surface area contributed by atoms with Crippen LogP contribution in [0.3, 0.4) is 0 Å². The number of ether oxygens (including phenoxy) is 4. The Morgan fingerprint density at radius 2 is 1.81 bits per heavy atom. The fraction of sp³-hybridized carbons (Fsp3) is 0.692. The van der Waals surface area contributed by atoms with Gasteiger partial charge in [-0.25, -0.2) is 9.78 Å². The van der Waals surface area contributed by atoms with Crippen LogP contribution in [0.5, 0.6) is 0 Å². The first-order valence-corrected chi connectivity index (χ1v) is 6.43. The fourth-order valence-corrected chi connectivity index (χ4v) is 1.66. The van der Waals surface area contributed by atoms with Crippen LogP contribution in [0, 0.1) is 0 Å². The highest BCUT2D eigenvalue weighted by atomic mass is 16.9. The number of methoxy groups -OCH3 is 3. The minimum Gasteiger partial charge on any atom is -0.444 e. The smallest absolute Gasteiger partial charge is 0.408 e. The Bertz CT molecular complexity index is 454. The summed E-state index contributed by atoms with van der Waals surface area (Å²) in [4.78, 5) is 18.7. The molecule has 120 valence electrons. The third-order valence-corrected chi connectivity index (χ3v) is 2.56. The summed E-state index contributed by atoms with van der Waals surface area (Å²) in [6.45, 7) is 5.56. The van der Waals surface area contributed by atoms with E-state index in [1.165, 1.54) is 27.5 Å². The largest absolute Gasteiger partial charge is 0.444 e. The van der Waals surface area contributed by atoms with Crippen LogP contribution < -0.4 is 5.32 Å². The Balaban J connectivity index is 2.66. The van der Waals surface area contributed by atoms with E-state index >= 15 is 0 Å². The van der Waals surface area contributed by atoms with Gasteiger partial charge in [-0.3, -0.25) is 0 Å². The van der Waals surface area contributed by atoms with Gasteiger partial charge in [0.15, 0.2) is 0 Å². The maximum absolute atomic E-state index is 11.6. The normalized spacial score (nSPS) is 12.3. The summed E-state index contributed by atoms with van der Waals surface area (Å²) >= 11 is 0. The molecule has 0 aliphatic carbocycles. The number of nitrogens with zero attached hydrogens (tertiary/aromatic N) is 1. The number of hydrogen-bond acceptors (Lipinski definition) is 6. The van der Waals surface area contributed by atoms with E-state index in [0.29, 0.717) is 11.5 Å². The molecule has 21 heavy (non-hydrogen) atoms. The molecule has 0 unspecified atom stereocenters. The molecule has 1 aromatic heterocycles. The second-order valence-corrected chi connectivity index (χ2v) is 5.27. The summed E-state index contributed by atoms with van der Waals surface area (Å²) in [6.07, 6.45) is 1.000. The van der Waals surface area contributed by atoms with Gasteiger partial charge in [0.25, 0.3) is 0 Å². The van der Waals surface area contributed by atoms with Gasteiger partial charge in [-0.2, -0.15) is 0 Å². The topological polar surface area (TPSA) is 94.7 Å². The third-order valence-electron chi connectivity index (χ3n) is 2.56. The lowest BCUT2D eigenvalue weighted by molar-refractivity contribution is -0.366. The second-order valence-electron chi connectivity index (χ2n) is 5.27. The van der Waals surface area contributed by atoms with Crippen molar-refractivity contribution in [3.8, 4) is 0 Å². The number of aromatic nitrogens is 2. The van der Waals surface area contributed by atoms with Gasteiger partial charge in [0.1, 0.15) is 17.1 Å². The fourth-order valence-electron chi connectivity index (χ4n) is 1.66. The van der Waals surface area contributed by atoms with E-state index in [1.807, 2.05) is 0 Å². The van der Waals surface area contributed by atoms with Gasteiger partial charge < -0.3 is 29.2 Å². The van der Waals surface area contributed by atoms with E-state index in [4.69, 9.17) is 18.9 Å². The van der Waals surface area contributed by atoms with E-state index in [9.17, 15) is 4.79 Å². The molecule has 0 aromatic carbocycles. The zero-order valence-electron chi connectivity index (χ0n) is 13.3. The van der Waals surface area contributed by atoms with Gasteiger partial charge in [0, 0.05) is 21.3 Å². The van der Waals surface area contributed by atoms with E-state index in [2.05, 4.69) is 15.3 Å². The monoisotopic (exact) mass is 301 g/mol. The van der Waals surface area contributed by atoms with Gasteiger partial charge in [-0.1, -0.05) is 0 Å². The molecule has 0 aliphatic heterocycles. The van der Waals surface area contributed by atoms with Crippen molar-refractivity contribution in [2.75, 3.05) is 21.3 Å². The maximum atomic E-state index is 11.6. The van der Waals surface area contributed by atoms with Crippen molar-refractivity contribution in [3.63, 3.8) is 0 Å².